The number of ether oxygens (including phenoxy) is 1. The number of rotatable bonds is 0. The van der Waals surface area contributed by atoms with Gasteiger partial charge in [0.1, 0.15) is 6.54 Å². The molecule has 6 heteroatoms. The van der Waals surface area contributed by atoms with Crippen molar-refractivity contribution in [1.29, 1.82) is 0 Å². The lowest BCUT2D eigenvalue weighted by Gasteiger charge is -2.41. The summed E-state index contributed by atoms with van der Waals surface area (Å²) in [4.78, 5) is 5.56. The lowest BCUT2D eigenvalue weighted by molar-refractivity contribution is 0.0156. The van der Waals surface area contributed by atoms with Crippen LogP contribution in [0.25, 0.3) is 0 Å². The van der Waals surface area contributed by atoms with Crippen LogP contribution in [0.5, 0.6) is 0 Å². The fraction of sp³-hybridized carbons (Fsp3) is 0.667. The largest absolute Gasteiger partial charge is 0.362 e. The van der Waals surface area contributed by atoms with E-state index in [1.165, 1.54) is 0 Å². The van der Waals surface area contributed by atoms with Gasteiger partial charge in [0.15, 0.2) is 6.73 Å². The summed E-state index contributed by atoms with van der Waals surface area (Å²) in [6.45, 7) is 8.91. The zero-order valence-electron chi connectivity index (χ0n) is 11.0. The molecule has 0 fully saturated rings. The Morgan fingerprint density at radius 2 is 1.61 bits per heavy atom. The maximum Gasteiger partial charge on any atom is 0.224 e. The molecular weight excluding hydrogens is 232 g/mol. The maximum absolute atomic E-state index is 5.78. The molecule has 0 unspecified atom stereocenters. The van der Waals surface area contributed by atoms with Gasteiger partial charge < -0.3 is 9.57 Å². The third-order valence-corrected chi connectivity index (χ3v) is 4.44. The van der Waals surface area contributed by atoms with Gasteiger partial charge in [-0.15, -0.1) is 10.2 Å². The second-order valence-corrected chi connectivity index (χ2v) is 4.96. The zero-order valence-corrected chi connectivity index (χ0v) is 11.0. The van der Waals surface area contributed by atoms with Gasteiger partial charge in [-0.25, -0.2) is 0 Å². The van der Waals surface area contributed by atoms with E-state index in [2.05, 4.69) is 20.6 Å². The van der Waals surface area contributed by atoms with Crippen LogP contribution in [-0.2, 0) is 9.57 Å². The van der Waals surface area contributed by atoms with Crippen LogP contribution in [0.4, 0.5) is 0 Å². The van der Waals surface area contributed by atoms with E-state index in [-0.39, 0.29) is 0 Å². The summed E-state index contributed by atoms with van der Waals surface area (Å²) in [6, 6.07) is 0. The Kier molecular flexibility index (Phi) is 2.22. The Balaban J connectivity index is 2.21. The normalized spacial score (nSPS) is 38.4. The molecule has 0 aromatic carbocycles. The van der Waals surface area contributed by atoms with Gasteiger partial charge in [0, 0.05) is 5.28 Å². The van der Waals surface area contributed by atoms with Crippen LogP contribution in [-0.4, -0.2) is 24.6 Å². The van der Waals surface area contributed by atoms with E-state index in [9.17, 15) is 0 Å². The van der Waals surface area contributed by atoms with Crippen molar-refractivity contribution >= 4 is 0 Å². The molecule has 18 heavy (non-hydrogen) atoms. The Labute approximate surface area is 105 Å². The predicted octanol–water partition coefficient (Wildman–Crippen LogP) is 2.95. The highest BCUT2D eigenvalue weighted by atomic mass is 16.7. The molecule has 0 aromatic rings. The van der Waals surface area contributed by atoms with Gasteiger partial charge in [0.25, 0.3) is 0 Å². The van der Waals surface area contributed by atoms with E-state index in [4.69, 9.17) is 9.57 Å². The van der Waals surface area contributed by atoms with E-state index in [0.29, 0.717) is 13.3 Å². The first-order chi connectivity index (χ1) is 8.54. The summed E-state index contributed by atoms with van der Waals surface area (Å²) >= 11 is 0. The van der Waals surface area contributed by atoms with Gasteiger partial charge in [-0.1, -0.05) is 0 Å². The first-order valence-corrected chi connectivity index (χ1v) is 5.99. The number of hydrogen-bond acceptors (Lipinski definition) is 6. The lowest BCUT2D eigenvalue weighted by atomic mass is 9.72. The van der Waals surface area contributed by atoms with Crippen LogP contribution >= 0.6 is 0 Å². The van der Waals surface area contributed by atoms with Crippen molar-refractivity contribution in [3.05, 3.63) is 22.3 Å². The average molecular weight is 248 g/mol. The van der Waals surface area contributed by atoms with E-state index in [0.717, 1.165) is 22.3 Å². The molecule has 0 bridgehead atoms. The highest BCUT2D eigenvalue weighted by Gasteiger charge is 2.53. The fourth-order valence-electron chi connectivity index (χ4n) is 2.95. The average Bonchev–Trinajstić information content (AvgIpc) is 3.03. The van der Waals surface area contributed by atoms with E-state index >= 15 is 0 Å². The van der Waals surface area contributed by atoms with E-state index in [1.54, 1.807) is 0 Å². The Morgan fingerprint density at radius 1 is 0.944 bits per heavy atom. The number of hydrogen-bond donors (Lipinski definition) is 0. The van der Waals surface area contributed by atoms with Gasteiger partial charge in [0.05, 0.1) is 0 Å². The molecule has 0 amide bonds. The summed E-state index contributed by atoms with van der Waals surface area (Å²) in [5.41, 5.74) is 2.91. The molecule has 0 atom stereocenters. The van der Waals surface area contributed by atoms with Crippen LogP contribution in [0, 0.1) is 0 Å². The van der Waals surface area contributed by atoms with Crippen molar-refractivity contribution < 1.29 is 9.57 Å². The topological polar surface area (TPSA) is 67.9 Å². The van der Waals surface area contributed by atoms with E-state index < -0.39 is 11.3 Å². The minimum absolute atomic E-state index is 0.303. The lowest BCUT2D eigenvalue weighted by Crippen LogP contribution is -2.46. The summed E-state index contributed by atoms with van der Waals surface area (Å²) < 4.78 is 5.78. The fourth-order valence-corrected chi connectivity index (χ4v) is 2.95. The molecule has 96 valence electrons. The van der Waals surface area contributed by atoms with Crippen molar-refractivity contribution in [2.75, 3.05) is 13.3 Å². The third kappa shape index (κ3) is 1.11. The molecule has 0 saturated heterocycles. The molecular formula is C12H16N4O2. The van der Waals surface area contributed by atoms with E-state index in [1.807, 2.05) is 27.7 Å². The molecule has 2 aliphatic heterocycles. The highest BCUT2D eigenvalue weighted by Crippen LogP contribution is 2.50. The Hall–Kier alpha value is -1.56. The zero-order chi connectivity index (χ0) is 13.0. The van der Waals surface area contributed by atoms with Crippen molar-refractivity contribution in [2.24, 2.45) is 20.6 Å². The minimum atomic E-state index is -0.731. The standard InChI is InChI=1S/C12H16N4O2/c1-7-9(3)12(15-14-6-17-12)10(4)8(2)11(7)5-13-16-18-11/h5-6H2,1-4H3. The maximum atomic E-state index is 5.78. The molecule has 6 nitrogen and oxygen atoms in total. The third-order valence-electron chi connectivity index (χ3n) is 4.44. The first kappa shape index (κ1) is 11.5. The summed E-state index contributed by atoms with van der Waals surface area (Å²) in [6.07, 6.45) is 0. The van der Waals surface area contributed by atoms with Crippen molar-refractivity contribution in [3.8, 4) is 0 Å². The van der Waals surface area contributed by atoms with Crippen LogP contribution in [0.1, 0.15) is 27.7 Å². The summed E-state index contributed by atoms with van der Waals surface area (Å²) in [7, 11) is 0. The number of azo groups is 1. The molecule has 0 aromatic heterocycles. The van der Waals surface area contributed by atoms with Crippen LogP contribution in [0.2, 0.25) is 0 Å². The molecule has 2 spiro atoms. The van der Waals surface area contributed by atoms with Crippen LogP contribution in [0.3, 0.4) is 0 Å². The molecule has 2 heterocycles. The summed E-state index contributed by atoms with van der Waals surface area (Å²) in [5.74, 6) is 0. The molecule has 3 rings (SSSR count). The Bertz CT molecular complexity index is 494. The van der Waals surface area contributed by atoms with Crippen LogP contribution in [0.15, 0.2) is 42.9 Å². The van der Waals surface area contributed by atoms with Gasteiger partial charge in [-0.05, 0) is 50.0 Å². The minimum Gasteiger partial charge on any atom is -0.362 e. The van der Waals surface area contributed by atoms with Crippen molar-refractivity contribution in [3.63, 3.8) is 0 Å². The second kappa shape index (κ2) is 3.47. The predicted molar refractivity (Wildman–Crippen MR) is 63.8 cm³/mol. The first-order valence-electron chi connectivity index (χ1n) is 5.99. The SMILES string of the molecule is CC1=C(C)C2(N=NCO2)C(C)=C(C)C12CN=NO2. The van der Waals surface area contributed by atoms with Gasteiger partial charge in [0.2, 0.25) is 11.3 Å². The summed E-state index contributed by atoms with van der Waals surface area (Å²) in [5, 5.41) is 16.0. The second-order valence-electron chi connectivity index (χ2n) is 4.96. The van der Waals surface area contributed by atoms with Gasteiger partial charge in [-0.2, -0.15) is 5.11 Å². The number of nitrogens with zero attached hydrogens (tertiary/aromatic N) is 4. The molecule has 0 N–H and O–H groups in total. The van der Waals surface area contributed by atoms with Crippen molar-refractivity contribution in [1.82, 2.24) is 0 Å². The quantitative estimate of drug-likeness (QED) is 0.618. The van der Waals surface area contributed by atoms with Crippen LogP contribution < -0.4 is 0 Å². The van der Waals surface area contributed by atoms with Crippen molar-refractivity contribution in [2.45, 2.75) is 39.0 Å². The molecule has 3 aliphatic rings. The smallest absolute Gasteiger partial charge is 0.224 e. The molecule has 0 radical (unpaired) electrons. The van der Waals surface area contributed by atoms with Gasteiger partial charge in [-0.3, -0.25) is 0 Å². The molecule has 0 saturated carbocycles. The Morgan fingerprint density at radius 3 is 2.06 bits per heavy atom. The molecule has 1 aliphatic carbocycles. The van der Waals surface area contributed by atoms with Gasteiger partial charge >= 0.3 is 0 Å². The monoisotopic (exact) mass is 248 g/mol. The highest BCUT2D eigenvalue weighted by molar-refractivity contribution is 5.51.